The van der Waals surface area contributed by atoms with Crippen LogP contribution in [0.4, 0.5) is 11.6 Å². The number of nitrogens with zero attached hydrogens (tertiary/aromatic N) is 4. The molecule has 49 heavy (non-hydrogen) atoms. The molecule has 2 aromatic carbocycles. The van der Waals surface area contributed by atoms with Gasteiger partial charge in [0.25, 0.3) is 5.91 Å². The highest BCUT2D eigenvalue weighted by Gasteiger charge is 2.34. The van der Waals surface area contributed by atoms with E-state index in [-0.39, 0.29) is 45.1 Å². The summed E-state index contributed by atoms with van der Waals surface area (Å²) in [5.41, 5.74) is 5.84. The minimum absolute atomic E-state index is 0.0678. The van der Waals surface area contributed by atoms with E-state index in [0.717, 1.165) is 12.8 Å². The number of sulfonamides is 1. The van der Waals surface area contributed by atoms with Crippen molar-refractivity contribution >= 4 is 44.4 Å². The molecule has 0 aliphatic rings. The number of aromatic carboxylic acids is 1. The van der Waals surface area contributed by atoms with Crippen LogP contribution in [0, 0.1) is 5.41 Å². The molecule has 4 rings (SSSR count). The Balaban J connectivity index is 2.00. The first-order valence-electron chi connectivity index (χ1n) is 15.4. The van der Waals surface area contributed by atoms with Crippen molar-refractivity contribution in [2.45, 2.75) is 40.0 Å². The summed E-state index contributed by atoms with van der Waals surface area (Å²) >= 11 is 0. The number of rotatable bonds is 13. The first-order valence-corrected chi connectivity index (χ1v) is 17.3. The lowest BCUT2D eigenvalue weighted by atomic mass is 9.79. The number of carbonyl (C=O) groups is 2. The average molecular weight is 696 g/mol. The molecule has 2 heterocycles. The maximum atomic E-state index is 13.1. The number of benzene rings is 2. The van der Waals surface area contributed by atoms with Crippen molar-refractivity contribution in [2.24, 2.45) is 18.2 Å². The number of carbonyl (C=O) groups excluding carboxylic acids is 1. The first kappa shape index (κ1) is 36.9. The van der Waals surface area contributed by atoms with Crippen molar-refractivity contribution in [3.8, 4) is 28.5 Å². The molecule has 14 nitrogen and oxygen atoms in total. The first-order chi connectivity index (χ1) is 22.6. The number of fused-ring (bicyclic) bond motifs is 1. The minimum Gasteiger partial charge on any atom is -0.494 e. The Morgan fingerprint density at radius 2 is 1.78 bits per heavy atom. The van der Waals surface area contributed by atoms with Crippen molar-refractivity contribution in [3.05, 3.63) is 53.3 Å². The van der Waals surface area contributed by atoms with Crippen LogP contribution in [-0.4, -0.2) is 85.4 Å². The molecule has 5 N–H and O–H groups in total. The summed E-state index contributed by atoms with van der Waals surface area (Å²) in [7, 11) is 2.90. The lowest BCUT2D eigenvalue weighted by molar-refractivity contribution is 0.0687. The highest BCUT2D eigenvalue weighted by atomic mass is 32.2. The second kappa shape index (κ2) is 13.6. The summed E-state index contributed by atoms with van der Waals surface area (Å²) in [5, 5.41) is 14.4. The predicted octanol–water partition coefficient (Wildman–Crippen LogP) is 4.90. The number of methoxy groups -OCH3 is 1. The highest BCUT2D eigenvalue weighted by Crippen LogP contribution is 2.50. The van der Waals surface area contributed by atoms with E-state index in [1.54, 1.807) is 37.5 Å². The highest BCUT2D eigenvalue weighted by molar-refractivity contribution is 7.92. The van der Waals surface area contributed by atoms with Gasteiger partial charge >= 0.3 is 5.97 Å². The van der Waals surface area contributed by atoms with Crippen LogP contribution in [-0.2, 0) is 22.5 Å². The van der Waals surface area contributed by atoms with Gasteiger partial charge in [-0.25, -0.2) is 18.2 Å². The fourth-order valence-corrected chi connectivity index (χ4v) is 6.65. The lowest BCUT2D eigenvalue weighted by Gasteiger charge is -2.28. The van der Waals surface area contributed by atoms with Gasteiger partial charge in [-0.15, -0.1) is 0 Å². The zero-order chi connectivity index (χ0) is 36.6. The Morgan fingerprint density at radius 3 is 2.33 bits per heavy atom. The topological polar surface area (TPSA) is 191 Å². The number of aryl methyl sites for hydroxylation is 1. The average Bonchev–Trinajstić information content (AvgIpc) is 3.26. The summed E-state index contributed by atoms with van der Waals surface area (Å²) in [6, 6.07) is 8.21. The number of primary amides is 1. The van der Waals surface area contributed by atoms with E-state index in [4.69, 9.17) is 15.2 Å². The van der Waals surface area contributed by atoms with E-state index in [9.17, 15) is 23.1 Å². The van der Waals surface area contributed by atoms with E-state index in [0.29, 0.717) is 34.7 Å². The van der Waals surface area contributed by atoms with Gasteiger partial charge in [0.1, 0.15) is 5.69 Å². The van der Waals surface area contributed by atoms with Gasteiger partial charge in [-0.3, -0.25) is 9.52 Å². The van der Waals surface area contributed by atoms with E-state index < -0.39 is 27.3 Å². The van der Waals surface area contributed by atoms with Gasteiger partial charge in [-0.05, 0) is 42.6 Å². The van der Waals surface area contributed by atoms with Crippen LogP contribution in [0.2, 0.25) is 0 Å². The molecule has 0 bridgehead atoms. The molecule has 0 fully saturated rings. The zero-order valence-electron chi connectivity index (χ0n) is 29.5. The maximum absolute atomic E-state index is 13.1. The van der Waals surface area contributed by atoms with E-state index in [2.05, 4.69) is 38.8 Å². The van der Waals surface area contributed by atoms with Crippen LogP contribution in [0.1, 0.15) is 61.0 Å². The number of anilines is 2. The number of carboxylic acid groups (broad SMARTS) is 1. The lowest BCUT2D eigenvalue weighted by Crippen LogP contribution is -2.34. The Hall–Kier alpha value is -4.89. The Bertz CT molecular complexity index is 2030. The summed E-state index contributed by atoms with van der Waals surface area (Å²) in [5.74, 6) is -1.40. The maximum Gasteiger partial charge on any atom is 0.353 e. The normalized spacial score (nSPS) is 12.3. The molecule has 2 aromatic heterocycles. The number of para-hydroxylation sites is 1. The molecule has 0 aliphatic carbocycles. The smallest absolute Gasteiger partial charge is 0.353 e. The Morgan fingerprint density at radius 1 is 1.10 bits per heavy atom. The van der Waals surface area contributed by atoms with Crippen LogP contribution in [0.25, 0.3) is 22.0 Å². The van der Waals surface area contributed by atoms with Crippen molar-refractivity contribution in [3.63, 3.8) is 0 Å². The van der Waals surface area contributed by atoms with Crippen LogP contribution in [0.3, 0.4) is 0 Å². The SMILES string of the molecule is COc1c(C(N)=O)cc(C(C)(C)C)c(-c2c(C(=O)O)n(C)c3c(Oc4ccnc(NCC(C)(C)CN(C)C)n4)cccc23)c1NS(C)(=O)=O. The summed E-state index contributed by atoms with van der Waals surface area (Å²) in [4.78, 5) is 36.7. The van der Waals surface area contributed by atoms with Crippen LogP contribution in [0.5, 0.6) is 17.4 Å². The van der Waals surface area contributed by atoms with Crippen LogP contribution in [0.15, 0.2) is 36.5 Å². The number of amides is 1. The Labute approximate surface area is 286 Å². The fraction of sp³-hybridized carbons (Fsp3) is 0.412. The third-order valence-electron chi connectivity index (χ3n) is 7.79. The summed E-state index contributed by atoms with van der Waals surface area (Å²) in [6.07, 6.45) is 2.51. The number of nitrogens with one attached hydrogen (secondary N) is 2. The molecule has 0 radical (unpaired) electrons. The van der Waals surface area contributed by atoms with Crippen molar-refractivity contribution in [1.82, 2.24) is 19.4 Å². The van der Waals surface area contributed by atoms with Crippen LogP contribution >= 0.6 is 0 Å². The third kappa shape index (κ3) is 8.05. The third-order valence-corrected chi connectivity index (χ3v) is 8.36. The second-order valence-corrected chi connectivity index (χ2v) is 15.8. The minimum atomic E-state index is -3.98. The standard InChI is InChI=1S/C34H45N7O7S/c1-33(2,3)21-16-20(30(35)42)29(47-9)26(39-49(10,45)46)25(21)24-19-12-11-13-22(27(19)41(8)28(24)31(43)44)48-23-14-15-36-32(38-23)37-17-34(4,5)18-40(6)7/h11-16,39H,17-18H2,1-10H3,(H2,35,42)(H,43,44)(H,36,37,38). The fourth-order valence-electron chi connectivity index (χ4n) is 6.08. The molecule has 0 spiro atoms. The van der Waals surface area contributed by atoms with E-state index in [1.807, 2.05) is 34.9 Å². The molecular formula is C34H45N7O7S. The molecule has 0 aliphatic heterocycles. The van der Waals surface area contributed by atoms with E-state index in [1.165, 1.54) is 17.7 Å². The molecule has 0 unspecified atom stereocenters. The van der Waals surface area contributed by atoms with Gasteiger partial charge in [-0.1, -0.05) is 46.8 Å². The quantitative estimate of drug-likeness (QED) is 0.149. The zero-order valence-corrected chi connectivity index (χ0v) is 30.4. The van der Waals surface area contributed by atoms with Crippen molar-refractivity contribution < 1.29 is 32.6 Å². The molecule has 0 saturated carbocycles. The number of carboxylic acids is 1. The molecular weight excluding hydrogens is 650 g/mol. The summed E-state index contributed by atoms with van der Waals surface area (Å²) in [6.45, 7) is 11.3. The monoisotopic (exact) mass is 695 g/mol. The molecule has 0 saturated heterocycles. The summed E-state index contributed by atoms with van der Waals surface area (Å²) < 4.78 is 41.4. The number of ether oxygens (including phenoxy) is 2. The molecule has 15 heteroatoms. The molecule has 264 valence electrons. The van der Waals surface area contributed by atoms with Gasteiger partial charge < -0.3 is 35.1 Å². The second-order valence-electron chi connectivity index (χ2n) is 14.1. The number of hydrogen-bond acceptors (Lipinski definition) is 10. The Kier molecular flexibility index (Phi) is 10.2. The van der Waals surface area contributed by atoms with Gasteiger partial charge in [0, 0.05) is 48.9 Å². The van der Waals surface area contributed by atoms with Gasteiger partial charge in [0.15, 0.2) is 11.5 Å². The van der Waals surface area contributed by atoms with Gasteiger partial charge in [0.2, 0.25) is 21.9 Å². The number of nitrogens with two attached hydrogens (primary N) is 1. The van der Waals surface area contributed by atoms with Gasteiger partial charge in [0.05, 0.1) is 30.1 Å². The molecule has 1 amide bonds. The van der Waals surface area contributed by atoms with Gasteiger partial charge in [-0.2, -0.15) is 4.98 Å². The van der Waals surface area contributed by atoms with Crippen molar-refractivity contribution in [1.29, 1.82) is 0 Å². The van der Waals surface area contributed by atoms with Crippen LogP contribution < -0.4 is 25.2 Å². The molecule has 0 atom stereocenters. The molecule has 4 aromatic rings. The largest absolute Gasteiger partial charge is 0.494 e. The number of aromatic nitrogens is 3. The van der Waals surface area contributed by atoms with Crippen molar-refractivity contribution in [2.75, 3.05) is 50.6 Å². The predicted molar refractivity (Wildman–Crippen MR) is 190 cm³/mol. The van der Waals surface area contributed by atoms with E-state index >= 15 is 0 Å². The number of hydrogen-bond donors (Lipinski definition) is 4.